The van der Waals surface area contributed by atoms with Crippen molar-refractivity contribution in [2.24, 2.45) is 11.1 Å². The van der Waals surface area contributed by atoms with Gasteiger partial charge in [-0.1, -0.05) is 81.4 Å². The maximum absolute atomic E-state index is 14.1. The molecule has 0 unspecified atom stereocenters. The van der Waals surface area contributed by atoms with Crippen LogP contribution >= 0.6 is 0 Å². The zero-order valence-electron chi connectivity index (χ0n) is 24.3. The molecule has 0 saturated heterocycles. The predicted molar refractivity (Wildman–Crippen MR) is 160 cm³/mol. The monoisotopic (exact) mass is 593 g/mol. The number of aryl methyl sites for hydroxylation is 1. The number of primary amides is 1. The molecule has 0 fully saturated rings. The molecule has 0 aromatic heterocycles. The average molecular weight is 594 g/mol. The maximum atomic E-state index is 14.1. The lowest BCUT2D eigenvalue weighted by Crippen LogP contribution is -2.60. The summed E-state index contributed by atoms with van der Waals surface area (Å²) >= 11 is 0. The normalized spacial score (nSPS) is 13.2. The van der Waals surface area contributed by atoms with Crippen molar-refractivity contribution in [2.75, 3.05) is 5.32 Å². The van der Waals surface area contributed by atoms with Crippen LogP contribution in [0.3, 0.4) is 0 Å². The molecular formula is C32H37F2N5O4. The Morgan fingerprint density at radius 3 is 1.93 bits per heavy atom. The van der Waals surface area contributed by atoms with E-state index in [1.54, 1.807) is 45.0 Å². The van der Waals surface area contributed by atoms with Gasteiger partial charge in [-0.2, -0.15) is 0 Å². The summed E-state index contributed by atoms with van der Waals surface area (Å²) in [6.07, 6.45) is 0.821. The topological polar surface area (TPSA) is 142 Å². The lowest BCUT2D eigenvalue weighted by molar-refractivity contribution is -0.132. The van der Waals surface area contributed by atoms with E-state index in [0.717, 1.165) is 29.3 Å². The second-order valence-corrected chi connectivity index (χ2v) is 11.3. The maximum Gasteiger partial charge on any atom is 0.319 e. The molecule has 3 aromatic rings. The quantitative estimate of drug-likeness (QED) is 0.218. The van der Waals surface area contributed by atoms with Crippen molar-refractivity contribution in [1.29, 1.82) is 0 Å². The molecule has 228 valence electrons. The van der Waals surface area contributed by atoms with Gasteiger partial charge in [0.15, 0.2) is 0 Å². The lowest BCUT2D eigenvalue weighted by Gasteiger charge is -2.32. The Bertz CT molecular complexity index is 1410. The van der Waals surface area contributed by atoms with Crippen molar-refractivity contribution in [3.8, 4) is 0 Å². The second-order valence-electron chi connectivity index (χ2n) is 11.3. The largest absolute Gasteiger partial charge is 0.368 e. The number of anilines is 1. The minimum Gasteiger partial charge on any atom is -0.368 e. The third kappa shape index (κ3) is 10.2. The Kier molecular flexibility index (Phi) is 11.3. The second kappa shape index (κ2) is 14.9. The van der Waals surface area contributed by atoms with Crippen LogP contribution in [0.5, 0.6) is 0 Å². The Labute approximate surface area is 249 Å². The molecule has 0 aliphatic heterocycles. The third-order valence-electron chi connectivity index (χ3n) is 6.72. The highest BCUT2D eigenvalue weighted by molar-refractivity contribution is 5.96. The zero-order chi connectivity index (χ0) is 31.6. The summed E-state index contributed by atoms with van der Waals surface area (Å²) in [5.41, 5.74) is 6.04. The summed E-state index contributed by atoms with van der Waals surface area (Å²) in [4.78, 5) is 52.0. The van der Waals surface area contributed by atoms with Gasteiger partial charge in [-0.3, -0.25) is 14.4 Å². The molecule has 5 amide bonds. The van der Waals surface area contributed by atoms with Crippen molar-refractivity contribution >= 4 is 29.4 Å². The van der Waals surface area contributed by atoms with Gasteiger partial charge in [-0.15, -0.1) is 0 Å². The number of urea groups is 1. The van der Waals surface area contributed by atoms with Crippen molar-refractivity contribution < 1.29 is 28.0 Å². The SMILES string of the molecule is CC(C)(C)[C@H](NC(=O)Nc1cc(F)ccc1F)C(=O)N[C@@H](Cc1ccccc1)C(=O)N[C@@H](CCc1ccccc1)C(N)=O. The van der Waals surface area contributed by atoms with Crippen LogP contribution in [-0.4, -0.2) is 41.9 Å². The number of carbonyl (C=O) groups excluding carboxylic acids is 4. The molecule has 3 atom stereocenters. The highest BCUT2D eigenvalue weighted by Gasteiger charge is 2.36. The highest BCUT2D eigenvalue weighted by atomic mass is 19.1. The van der Waals surface area contributed by atoms with E-state index in [9.17, 15) is 28.0 Å². The highest BCUT2D eigenvalue weighted by Crippen LogP contribution is 2.21. The van der Waals surface area contributed by atoms with Crippen LogP contribution in [0.15, 0.2) is 78.9 Å². The van der Waals surface area contributed by atoms with E-state index < -0.39 is 64.6 Å². The molecular weight excluding hydrogens is 556 g/mol. The molecule has 43 heavy (non-hydrogen) atoms. The minimum atomic E-state index is -1.19. The Balaban J connectivity index is 1.78. The first-order valence-electron chi connectivity index (χ1n) is 13.8. The first kappa shape index (κ1) is 32.7. The van der Waals surface area contributed by atoms with Crippen molar-refractivity contribution in [2.45, 2.75) is 58.2 Å². The van der Waals surface area contributed by atoms with E-state index in [4.69, 9.17) is 5.73 Å². The van der Waals surface area contributed by atoms with E-state index >= 15 is 0 Å². The van der Waals surface area contributed by atoms with Crippen molar-refractivity contribution in [3.05, 3.63) is 102 Å². The van der Waals surface area contributed by atoms with Crippen molar-refractivity contribution in [3.63, 3.8) is 0 Å². The number of benzene rings is 3. The van der Waals surface area contributed by atoms with Crippen LogP contribution in [0, 0.1) is 17.0 Å². The fourth-order valence-corrected chi connectivity index (χ4v) is 4.39. The number of rotatable bonds is 12. The third-order valence-corrected chi connectivity index (χ3v) is 6.72. The average Bonchev–Trinajstić information content (AvgIpc) is 2.95. The van der Waals surface area contributed by atoms with Gasteiger partial charge in [0, 0.05) is 12.5 Å². The molecule has 9 nitrogen and oxygen atoms in total. The van der Waals surface area contributed by atoms with Crippen LogP contribution in [0.4, 0.5) is 19.3 Å². The van der Waals surface area contributed by atoms with Crippen LogP contribution in [0.2, 0.25) is 0 Å². The van der Waals surface area contributed by atoms with Crippen molar-refractivity contribution in [1.82, 2.24) is 16.0 Å². The summed E-state index contributed by atoms with van der Waals surface area (Å²) in [7, 11) is 0. The molecule has 0 saturated carbocycles. The van der Waals surface area contributed by atoms with Crippen LogP contribution < -0.4 is 27.0 Å². The molecule has 0 bridgehead atoms. The van der Waals surface area contributed by atoms with E-state index in [2.05, 4.69) is 21.3 Å². The van der Waals surface area contributed by atoms with Crippen LogP contribution in [0.25, 0.3) is 0 Å². The number of carbonyl (C=O) groups is 4. The van der Waals surface area contributed by atoms with Gasteiger partial charge < -0.3 is 27.0 Å². The molecule has 0 aliphatic carbocycles. The Morgan fingerprint density at radius 2 is 1.35 bits per heavy atom. The summed E-state index contributed by atoms with van der Waals surface area (Å²) in [5, 5.41) is 10.1. The summed E-state index contributed by atoms with van der Waals surface area (Å²) in [6.45, 7) is 5.08. The van der Waals surface area contributed by atoms with E-state index in [-0.39, 0.29) is 12.8 Å². The molecule has 0 radical (unpaired) electrons. The molecule has 0 heterocycles. The smallest absolute Gasteiger partial charge is 0.319 e. The fourth-order valence-electron chi connectivity index (χ4n) is 4.39. The van der Waals surface area contributed by atoms with Gasteiger partial charge >= 0.3 is 6.03 Å². The van der Waals surface area contributed by atoms with E-state index in [1.165, 1.54) is 0 Å². The minimum absolute atomic E-state index is 0.0835. The molecule has 11 heteroatoms. The van der Waals surface area contributed by atoms with Gasteiger partial charge in [0.05, 0.1) is 5.69 Å². The number of nitrogens with two attached hydrogens (primary N) is 1. The molecule has 6 N–H and O–H groups in total. The number of hydrogen-bond acceptors (Lipinski definition) is 4. The molecule has 3 aromatic carbocycles. The van der Waals surface area contributed by atoms with E-state index in [0.29, 0.717) is 6.42 Å². The molecule has 0 aliphatic rings. The lowest BCUT2D eigenvalue weighted by atomic mass is 9.86. The number of nitrogens with one attached hydrogen (secondary N) is 4. The standard InChI is InChI=1S/C32H37F2N5O4/c1-32(2,3)27(39-31(43)38-25-19-22(33)15-16-23(25)34)30(42)37-26(18-21-12-8-5-9-13-21)29(41)36-24(28(35)40)17-14-20-10-6-4-7-11-20/h4-13,15-16,19,24,26-27H,14,17-18H2,1-3H3,(H2,35,40)(H,36,41)(H,37,42)(H2,38,39,43)/t24-,26-,27+/m0/s1. The summed E-state index contributed by atoms with van der Waals surface area (Å²) in [6, 6.07) is 16.7. The van der Waals surface area contributed by atoms with Gasteiger partial charge in [-0.25, -0.2) is 13.6 Å². The number of amides is 5. The van der Waals surface area contributed by atoms with Gasteiger partial charge in [0.25, 0.3) is 0 Å². The van der Waals surface area contributed by atoms with Gasteiger partial charge in [0.2, 0.25) is 17.7 Å². The van der Waals surface area contributed by atoms with Gasteiger partial charge in [-0.05, 0) is 41.5 Å². The fraction of sp³-hybridized carbons (Fsp3) is 0.312. The number of halogens is 2. The van der Waals surface area contributed by atoms with Crippen LogP contribution in [-0.2, 0) is 27.2 Å². The van der Waals surface area contributed by atoms with Crippen LogP contribution in [0.1, 0.15) is 38.3 Å². The number of hydrogen-bond donors (Lipinski definition) is 5. The molecule has 0 spiro atoms. The predicted octanol–water partition coefficient (Wildman–Crippen LogP) is 3.83. The Hall–Kier alpha value is -4.80. The Morgan fingerprint density at radius 1 is 0.767 bits per heavy atom. The zero-order valence-corrected chi connectivity index (χ0v) is 24.3. The first-order chi connectivity index (χ1) is 20.3. The summed E-state index contributed by atoms with van der Waals surface area (Å²) in [5.74, 6) is -3.66. The summed E-state index contributed by atoms with van der Waals surface area (Å²) < 4.78 is 27.7. The van der Waals surface area contributed by atoms with Gasteiger partial charge in [0.1, 0.15) is 29.8 Å². The first-order valence-corrected chi connectivity index (χ1v) is 13.8. The molecule has 3 rings (SSSR count). The van der Waals surface area contributed by atoms with E-state index in [1.807, 2.05) is 36.4 Å².